The maximum absolute atomic E-state index is 5.82. The number of nitrogens with zero attached hydrogens (tertiary/aromatic N) is 6. The molecule has 0 spiro atoms. The van der Waals surface area contributed by atoms with Crippen molar-refractivity contribution < 1.29 is 16.8 Å². The molecule has 3 aromatic heterocycles. The first-order valence-corrected chi connectivity index (χ1v) is 26.6. The van der Waals surface area contributed by atoms with Gasteiger partial charge in [0, 0.05) is 39.0 Å². The molecule has 2 aliphatic heterocycles. The Morgan fingerprint density at radius 3 is 1.17 bits per heavy atom. The standard InChI is InChI=1S/C60H70N6.C3H6.CH3.Co/c1-7-13-25-41(26-14-8-2)55-57-47-33-19-15-29-43(47)51(61-57)39-53-45-31-17-21-35-49(45)59(63-53)56(42(27-23-37-65(9-3)10-4)28-24-38-66(11-5)12-6)60-50-36-22-18-32-46(50)54(64-60)40-52-44-30-16-20-34-48(44)58(55)62-52;1-3-2;;/h15-22,29-36,39-42H,7-14,23-28,37-38H2,1-6H3;3H,1H2,2H3;1H3;/q-2;;-1;. The maximum Gasteiger partial charge on any atom is 0.0739 e. The van der Waals surface area contributed by atoms with E-state index in [1.165, 1.54) is 33.0 Å². The summed E-state index contributed by atoms with van der Waals surface area (Å²) in [7, 11) is 0. The van der Waals surface area contributed by atoms with Gasteiger partial charge in [0.25, 0.3) is 0 Å². The number of hydrogen-bond acceptors (Lipinski definition) is 4. The molecule has 6 nitrogen and oxygen atoms in total. The van der Waals surface area contributed by atoms with E-state index in [0.29, 0.717) is 5.92 Å². The van der Waals surface area contributed by atoms with Crippen molar-refractivity contribution in [1.82, 2.24) is 29.7 Å². The normalized spacial score (nSPS) is 11.7. The minimum absolute atomic E-state index is 0. The monoisotopic (exact) mass is 991 g/mol. The van der Waals surface area contributed by atoms with Gasteiger partial charge in [-0.15, -0.1) is 28.6 Å². The number of benzene rings is 4. The molecular weight excluding hydrogens is 912 g/mol. The molecule has 7 aromatic rings. The summed E-state index contributed by atoms with van der Waals surface area (Å²) in [6.07, 6.45) is 13.0. The van der Waals surface area contributed by atoms with Gasteiger partial charge in [-0.2, -0.15) is 0 Å². The van der Waals surface area contributed by atoms with E-state index in [-0.39, 0.29) is 30.1 Å². The molecule has 0 fully saturated rings. The quantitative estimate of drug-likeness (QED) is 0.0560. The zero-order chi connectivity index (χ0) is 48.3. The molecule has 2 aliphatic rings. The fourth-order valence-corrected chi connectivity index (χ4v) is 11.1. The summed E-state index contributed by atoms with van der Waals surface area (Å²) in [5, 5.41) is 4.71. The summed E-state index contributed by atoms with van der Waals surface area (Å²) in [5.74, 6) is 0.564. The summed E-state index contributed by atoms with van der Waals surface area (Å²) >= 11 is 0. The zero-order valence-corrected chi connectivity index (χ0v) is 45.2. The Bertz CT molecular complexity index is 2980. The Labute approximate surface area is 437 Å². The van der Waals surface area contributed by atoms with Crippen LogP contribution in [0.5, 0.6) is 0 Å². The Kier molecular flexibility index (Phi) is 20.5. The van der Waals surface area contributed by atoms with Gasteiger partial charge in [-0.1, -0.05) is 170 Å². The molecular formula is C64H79CoN6-3. The van der Waals surface area contributed by atoms with Gasteiger partial charge in [-0.25, -0.2) is 9.97 Å². The van der Waals surface area contributed by atoms with Gasteiger partial charge in [-0.05, 0) is 141 Å². The van der Waals surface area contributed by atoms with Crippen LogP contribution in [0, 0.1) is 7.43 Å². The molecule has 0 amide bonds. The van der Waals surface area contributed by atoms with E-state index in [1.54, 1.807) is 6.08 Å². The fraction of sp³-hybridized carbons (Fsp3) is 0.391. The number of fused-ring (bicyclic) bond motifs is 20. The SMILES string of the molecule is C=CC.CCCCC(CCCC)c1c2nc(cc3[n-]c(c(C(CCCN(CC)CC)CCCN(CC)CC)c4nc(cc5[n-]c1c1ccccc51)-c1ccccc1-4)c1ccccc31)-c1ccccc1-2.[CH3-].[Co]. The second kappa shape index (κ2) is 26.4. The number of allylic oxidation sites excluding steroid dienone is 1. The van der Waals surface area contributed by atoms with Gasteiger partial charge in [0.1, 0.15) is 0 Å². The predicted molar refractivity (Wildman–Crippen MR) is 304 cm³/mol. The molecule has 0 saturated heterocycles. The molecule has 7 heteroatoms. The second-order valence-electron chi connectivity index (χ2n) is 19.1. The van der Waals surface area contributed by atoms with E-state index in [0.717, 1.165) is 170 Å². The van der Waals surface area contributed by atoms with Crippen LogP contribution in [-0.2, 0) is 16.8 Å². The van der Waals surface area contributed by atoms with Crippen LogP contribution in [0.4, 0.5) is 0 Å². The summed E-state index contributed by atoms with van der Waals surface area (Å²) in [6.45, 7) is 25.5. The Morgan fingerprint density at radius 1 is 0.493 bits per heavy atom. The minimum Gasteiger partial charge on any atom is -0.656 e. The molecule has 8 bridgehead atoms. The fourth-order valence-electron chi connectivity index (χ4n) is 11.1. The first-order chi connectivity index (χ1) is 33.9. The third-order valence-electron chi connectivity index (χ3n) is 14.8. The number of unbranched alkanes of at least 4 members (excludes halogenated alkanes) is 2. The molecule has 0 aliphatic carbocycles. The average molecular weight is 991 g/mol. The third-order valence-corrected chi connectivity index (χ3v) is 14.8. The van der Waals surface area contributed by atoms with E-state index in [4.69, 9.17) is 19.9 Å². The Balaban J connectivity index is 0.00000161. The number of rotatable bonds is 20. The van der Waals surface area contributed by atoms with Crippen LogP contribution in [0.1, 0.15) is 136 Å². The molecule has 0 N–H and O–H groups in total. The van der Waals surface area contributed by atoms with Gasteiger partial charge >= 0.3 is 0 Å². The smallest absolute Gasteiger partial charge is 0.0739 e. The van der Waals surface area contributed by atoms with Crippen molar-refractivity contribution in [2.24, 2.45) is 0 Å². The Morgan fingerprint density at radius 2 is 0.817 bits per heavy atom. The van der Waals surface area contributed by atoms with Crippen LogP contribution in [-0.4, -0.2) is 59.0 Å². The van der Waals surface area contributed by atoms with Gasteiger partial charge in [-0.3, -0.25) is 0 Å². The van der Waals surface area contributed by atoms with E-state index < -0.39 is 0 Å². The number of hydrogen-bond donors (Lipinski definition) is 0. The molecule has 0 atom stereocenters. The van der Waals surface area contributed by atoms with Crippen LogP contribution >= 0.6 is 0 Å². The van der Waals surface area contributed by atoms with Gasteiger partial charge in [0.15, 0.2) is 0 Å². The number of aromatic nitrogens is 4. The van der Waals surface area contributed by atoms with Crippen LogP contribution in [0.25, 0.3) is 88.6 Å². The van der Waals surface area contributed by atoms with E-state index in [2.05, 4.69) is 167 Å². The molecule has 1 radical (unpaired) electrons. The van der Waals surface area contributed by atoms with Crippen LogP contribution in [0.3, 0.4) is 0 Å². The van der Waals surface area contributed by atoms with Gasteiger partial charge < -0.3 is 27.2 Å². The average Bonchev–Trinajstić information content (AvgIpc) is 4.14. The zero-order valence-electron chi connectivity index (χ0n) is 44.2. The summed E-state index contributed by atoms with van der Waals surface area (Å²) in [5.41, 5.74) is 15.4. The van der Waals surface area contributed by atoms with Crippen molar-refractivity contribution in [3.8, 4) is 45.0 Å². The van der Waals surface area contributed by atoms with Crippen molar-refractivity contribution >= 4 is 43.6 Å². The van der Waals surface area contributed by atoms with Crippen LogP contribution in [0.2, 0.25) is 0 Å². The third kappa shape index (κ3) is 11.8. The Hall–Kier alpha value is -5.31. The van der Waals surface area contributed by atoms with Gasteiger partial charge in [0.05, 0.1) is 22.8 Å². The molecule has 4 aromatic carbocycles. The largest absolute Gasteiger partial charge is 0.656 e. The van der Waals surface area contributed by atoms with Crippen molar-refractivity contribution in [3.63, 3.8) is 0 Å². The van der Waals surface area contributed by atoms with Crippen LogP contribution in [0.15, 0.2) is 122 Å². The maximum atomic E-state index is 5.82. The van der Waals surface area contributed by atoms with E-state index in [9.17, 15) is 0 Å². The van der Waals surface area contributed by atoms with Gasteiger partial charge in [0.2, 0.25) is 0 Å². The molecule has 5 heterocycles. The van der Waals surface area contributed by atoms with Crippen molar-refractivity contribution in [2.75, 3.05) is 39.3 Å². The molecule has 9 rings (SSSR count). The molecule has 377 valence electrons. The summed E-state index contributed by atoms with van der Waals surface area (Å²) in [4.78, 5) is 28.3. The van der Waals surface area contributed by atoms with Crippen molar-refractivity contribution in [2.45, 2.75) is 125 Å². The van der Waals surface area contributed by atoms with Crippen molar-refractivity contribution in [1.29, 1.82) is 0 Å². The summed E-state index contributed by atoms with van der Waals surface area (Å²) < 4.78 is 0. The molecule has 71 heavy (non-hydrogen) atoms. The van der Waals surface area contributed by atoms with E-state index in [1.807, 2.05) is 6.92 Å². The first kappa shape index (κ1) is 55.0. The van der Waals surface area contributed by atoms with Crippen LogP contribution < -0.4 is 9.97 Å². The summed E-state index contributed by atoms with van der Waals surface area (Å²) in [6, 6.07) is 40.2. The van der Waals surface area contributed by atoms with Crippen molar-refractivity contribution in [3.05, 3.63) is 140 Å². The minimum atomic E-state index is 0. The topological polar surface area (TPSA) is 60.5 Å². The van der Waals surface area contributed by atoms with E-state index >= 15 is 0 Å². The second-order valence-corrected chi connectivity index (χ2v) is 19.1. The molecule has 0 unspecified atom stereocenters. The molecule has 0 saturated carbocycles. The first-order valence-electron chi connectivity index (χ1n) is 26.6. The predicted octanol–water partition coefficient (Wildman–Crippen LogP) is 17.0.